The number of hydrogen-bond acceptors (Lipinski definition) is 2. The van der Waals surface area contributed by atoms with Gasteiger partial charge in [0.1, 0.15) is 0 Å². The van der Waals surface area contributed by atoms with Gasteiger partial charge in [-0.1, -0.05) is 18.2 Å². The molecule has 1 amide bonds. The quantitative estimate of drug-likeness (QED) is 0.793. The molecule has 0 spiro atoms. The van der Waals surface area contributed by atoms with Crippen molar-refractivity contribution in [3.05, 3.63) is 34.9 Å². The van der Waals surface area contributed by atoms with E-state index < -0.39 is 12.0 Å². The zero-order valence-corrected chi connectivity index (χ0v) is 10.3. The van der Waals surface area contributed by atoms with Crippen LogP contribution in [0, 0.1) is 13.8 Å². The van der Waals surface area contributed by atoms with E-state index in [1.54, 1.807) is 6.92 Å². The third-order valence-electron chi connectivity index (χ3n) is 2.88. The molecule has 0 aliphatic rings. The average molecular weight is 235 g/mol. The minimum absolute atomic E-state index is 0.369. The van der Waals surface area contributed by atoms with E-state index in [1.807, 2.05) is 32.0 Å². The van der Waals surface area contributed by atoms with Gasteiger partial charge in [0.2, 0.25) is 6.41 Å². The normalized spacial score (nSPS) is 11.9. The number of carboxylic acid groups (broad SMARTS) is 1. The Hall–Kier alpha value is -1.84. The molecule has 0 bridgehead atoms. The van der Waals surface area contributed by atoms with E-state index in [-0.39, 0.29) is 0 Å². The Labute approximate surface area is 101 Å². The van der Waals surface area contributed by atoms with Crippen molar-refractivity contribution in [3.63, 3.8) is 0 Å². The maximum absolute atomic E-state index is 11.4. The van der Waals surface area contributed by atoms with Crippen LogP contribution >= 0.6 is 0 Å². The summed E-state index contributed by atoms with van der Waals surface area (Å²) in [6.07, 6.45) is 0.588. The van der Waals surface area contributed by atoms with E-state index in [0.717, 1.165) is 11.1 Å². The molecule has 4 nitrogen and oxygen atoms in total. The third kappa shape index (κ3) is 2.64. The number of nitrogens with zero attached hydrogens (tertiary/aromatic N) is 1. The first kappa shape index (κ1) is 13.2. The second kappa shape index (κ2) is 5.48. The molecular formula is C13H17NO3. The fourth-order valence-electron chi connectivity index (χ4n) is 2.01. The SMILES string of the molecule is CCN(C=O)C(C(=O)O)c1c(C)cccc1C. The summed E-state index contributed by atoms with van der Waals surface area (Å²) < 4.78 is 0. The summed E-state index contributed by atoms with van der Waals surface area (Å²) in [5.74, 6) is -1.00. The molecule has 0 heterocycles. The predicted molar refractivity (Wildman–Crippen MR) is 64.7 cm³/mol. The molecule has 1 rings (SSSR count). The highest BCUT2D eigenvalue weighted by Gasteiger charge is 2.28. The lowest BCUT2D eigenvalue weighted by atomic mass is 9.95. The summed E-state index contributed by atoms with van der Waals surface area (Å²) in [5.41, 5.74) is 2.48. The lowest BCUT2D eigenvalue weighted by Crippen LogP contribution is -2.34. The fourth-order valence-corrected chi connectivity index (χ4v) is 2.01. The van der Waals surface area contributed by atoms with Crippen LogP contribution in [-0.2, 0) is 9.59 Å². The van der Waals surface area contributed by atoms with Crippen LogP contribution in [0.5, 0.6) is 0 Å². The van der Waals surface area contributed by atoms with Gasteiger partial charge in [-0.15, -0.1) is 0 Å². The van der Waals surface area contributed by atoms with Crippen molar-refractivity contribution in [1.29, 1.82) is 0 Å². The van der Waals surface area contributed by atoms with Crippen LogP contribution in [-0.4, -0.2) is 28.9 Å². The van der Waals surface area contributed by atoms with Gasteiger partial charge in [0.05, 0.1) is 0 Å². The van der Waals surface area contributed by atoms with E-state index in [4.69, 9.17) is 0 Å². The summed E-state index contributed by atoms with van der Waals surface area (Å²) in [5, 5.41) is 9.31. The summed E-state index contributed by atoms with van der Waals surface area (Å²) in [6, 6.07) is 4.69. The van der Waals surface area contributed by atoms with Gasteiger partial charge in [0.15, 0.2) is 6.04 Å². The third-order valence-corrected chi connectivity index (χ3v) is 2.88. The van der Waals surface area contributed by atoms with Gasteiger partial charge in [-0.25, -0.2) is 4.79 Å². The standard InChI is InChI=1S/C13H17NO3/c1-4-14(8-15)12(13(16)17)11-9(2)6-5-7-10(11)3/h5-8,12H,4H2,1-3H3,(H,16,17). The zero-order chi connectivity index (χ0) is 13.0. The van der Waals surface area contributed by atoms with Gasteiger partial charge >= 0.3 is 5.97 Å². The number of likely N-dealkylation sites (N-methyl/N-ethyl adjacent to an activating group) is 1. The van der Waals surface area contributed by atoms with Crippen LogP contribution in [0.25, 0.3) is 0 Å². The average Bonchev–Trinajstić information content (AvgIpc) is 2.27. The molecule has 0 aromatic heterocycles. The second-order valence-electron chi connectivity index (χ2n) is 3.98. The zero-order valence-electron chi connectivity index (χ0n) is 10.3. The molecule has 1 N–H and O–H groups in total. The smallest absolute Gasteiger partial charge is 0.331 e. The number of rotatable bonds is 5. The first-order valence-corrected chi connectivity index (χ1v) is 5.52. The van der Waals surface area contributed by atoms with Gasteiger partial charge in [-0.2, -0.15) is 0 Å². The van der Waals surface area contributed by atoms with Gasteiger partial charge in [-0.3, -0.25) is 4.79 Å². The second-order valence-corrected chi connectivity index (χ2v) is 3.98. The molecule has 0 saturated heterocycles. The molecule has 1 aromatic rings. The summed E-state index contributed by atoms with van der Waals surface area (Å²) >= 11 is 0. The highest BCUT2D eigenvalue weighted by Crippen LogP contribution is 2.26. The summed E-state index contributed by atoms with van der Waals surface area (Å²) in [6.45, 7) is 5.85. The van der Waals surface area contributed by atoms with Gasteiger partial charge in [-0.05, 0) is 37.5 Å². The van der Waals surface area contributed by atoms with Gasteiger partial charge in [0.25, 0.3) is 0 Å². The molecule has 17 heavy (non-hydrogen) atoms. The van der Waals surface area contributed by atoms with Crippen LogP contribution in [0.3, 0.4) is 0 Å². The van der Waals surface area contributed by atoms with Crippen LogP contribution in [0.2, 0.25) is 0 Å². The van der Waals surface area contributed by atoms with Crippen LogP contribution in [0.4, 0.5) is 0 Å². The van der Waals surface area contributed by atoms with Crippen LogP contribution < -0.4 is 0 Å². The van der Waals surface area contributed by atoms with Crippen molar-refractivity contribution >= 4 is 12.4 Å². The molecule has 1 unspecified atom stereocenters. The molecule has 92 valence electrons. The summed E-state index contributed by atoms with van der Waals surface area (Å²) in [7, 11) is 0. The Bertz CT molecular complexity index is 408. The monoisotopic (exact) mass is 235 g/mol. The van der Waals surface area contributed by atoms with E-state index in [9.17, 15) is 14.7 Å². The minimum atomic E-state index is -1.00. The number of hydrogen-bond donors (Lipinski definition) is 1. The molecule has 1 aromatic carbocycles. The number of aryl methyl sites for hydroxylation is 2. The Morgan fingerprint density at radius 3 is 2.29 bits per heavy atom. The van der Waals surface area contributed by atoms with E-state index in [0.29, 0.717) is 18.5 Å². The summed E-state index contributed by atoms with van der Waals surface area (Å²) in [4.78, 5) is 23.6. The van der Waals surface area contributed by atoms with Gasteiger partial charge < -0.3 is 10.0 Å². The molecule has 1 atom stereocenters. The minimum Gasteiger partial charge on any atom is -0.479 e. The van der Waals surface area contributed by atoms with Gasteiger partial charge in [0, 0.05) is 6.54 Å². The molecular weight excluding hydrogens is 218 g/mol. The number of carbonyl (C=O) groups is 2. The molecule has 0 aliphatic heterocycles. The maximum Gasteiger partial charge on any atom is 0.331 e. The maximum atomic E-state index is 11.4. The number of benzene rings is 1. The van der Waals surface area contributed by atoms with Crippen LogP contribution in [0.1, 0.15) is 29.7 Å². The van der Waals surface area contributed by atoms with Crippen molar-refractivity contribution in [2.24, 2.45) is 0 Å². The molecule has 4 heteroatoms. The Morgan fingerprint density at radius 1 is 1.41 bits per heavy atom. The lowest BCUT2D eigenvalue weighted by Gasteiger charge is -2.26. The van der Waals surface area contributed by atoms with Crippen molar-refractivity contribution in [2.75, 3.05) is 6.54 Å². The Kier molecular flexibility index (Phi) is 4.26. The van der Waals surface area contributed by atoms with E-state index >= 15 is 0 Å². The number of carbonyl (C=O) groups excluding carboxylic acids is 1. The first-order chi connectivity index (χ1) is 8.02. The molecule has 0 aliphatic carbocycles. The molecule has 0 radical (unpaired) electrons. The van der Waals surface area contributed by atoms with Crippen molar-refractivity contribution in [3.8, 4) is 0 Å². The van der Waals surface area contributed by atoms with Crippen molar-refractivity contribution in [1.82, 2.24) is 4.90 Å². The number of amides is 1. The fraction of sp³-hybridized carbons (Fsp3) is 0.385. The lowest BCUT2D eigenvalue weighted by molar-refractivity contribution is -0.146. The Morgan fingerprint density at radius 2 is 1.94 bits per heavy atom. The van der Waals surface area contributed by atoms with E-state index in [2.05, 4.69) is 0 Å². The first-order valence-electron chi connectivity index (χ1n) is 5.52. The van der Waals surface area contributed by atoms with Crippen molar-refractivity contribution < 1.29 is 14.7 Å². The van der Waals surface area contributed by atoms with Crippen molar-refractivity contribution in [2.45, 2.75) is 26.8 Å². The number of carboxylic acids is 1. The van der Waals surface area contributed by atoms with E-state index in [1.165, 1.54) is 4.90 Å². The highest BCUT2D eigenvalue weighted by atomic mass is 16.4. The topological polar surface area (TPSA) is 57.6 Å². The van der Waals surface area contributed by atoms with Crippen LogP contribution in [0.15, 0.2) is 18.2 Å². The highest BCUT2D eigenvalue weighted by molar-refractivity contribution is 5.79. The molecule has 0 fully saturated rings. The largest absolute Gasteiger partial charge is 0.479 e. The Balaban J connectivity index is 3.32. The molecule has 0 saturated carbocycles. The predicted octanol–water partition coefficient (Wildman–Crippen LogP) is 1.91. The number of aliphatic carboxylic acids is 1.